The van der Waals surface area contributed by atoms with Crippen molar-refractivity contribution in [2.75, 3.05) is 0 Å². The van der Waals surface area contributed by atoms with Gasteiger partial charge in [0.1, 0.15) is 9.88 Å². The van der Waals surface area contributed by atoms with Crippen LogP contribution in [0.5, 0.6) is 0 Å². The molecule has 1 aromatic rings. The molecule has 0 aromatic carbocycles. The molecule has 0 saturated heterocycles. The molecule has 0 radical (unpaired) electrons. The number of aromatic nitrogens is 1. The van der Waals surface area contributed by atoms with Crippen LogP contribution in [-0.4, -0.2) is 23.9 Å². The number of nitrogens with one attached hydrogen (secondary N) is 1. The van der Waals surface area contributed by atoms with Crippen LogP contribution in [-0.2, 0) is 10.0 Å². The minimum absolute atomic E-state index is 0.143. The average Bonchev–Trinajstić information content (AvgIpc) is 2.38. The van der Waals surface area contributed by atoms with Crippen LogP contribution in [0.25, 0.3) is 0 Å². The Morgan fingerprint density at radius 3 is 2.50 bits per heavy atom. The molecule has 7 heteroatoms. The van der Waals surface area contributed by atoms with Crippen molar-refractivity contribution in [3.63, 3.8) is 0 Å². The van der Waals surface area contributed by atoms with Gasteiger partial charge < -0.3 is 5.73 Å². The number of sulfonamides is 1. The second-order valence-corrected chi connectivity index (χ2v) is 7.59. The Balaban J connectivity index is 2.19. The smallest absolute Gasteiger partial charge is 0.242 e. The maximum absolute atomic E-state index is 12.4. The molecular formula is C13H19N3O2S2. The van der Waals surface area contributed by atoms with Crippen LogP contribution in [0.1, 0.15) is 44.7 Å². The summed E-state index contributed by atoms with van der Waals surface area (Å²) in [5.41, 5.74) is 5.50. The third-order valence-electron chi connectivity index (χ3n) is 3.64. The highest BCUT2D eigenvalue weighted by Gasteiger charge is 2.32. The van der Waals surface area contributed by atoms with E-state index in [9.17, 15) is 8.42 Å². The van der Waals surface area contributed by atoms with E-state index in [1.165, 1.54) is 24.8 Å². The molecule has 110 valence electrons. The van der Waals surface area contributed by atoms with E-state index in [-0.39, 0.29) is 15.4 Å². The summed E-state index contributed by atoms with van der Waals surface area (Å²) in [6, 6.07) is 3.01. The van der Waals surface area contributed by atoms with Gasteiger partial charge in [-0.2, -0.15) is 0 Å². The Morgan fingerprint density at radius 1 is 1.35 bits per heavy atom. The summed E-state index contributed by atoms with van der Waals surface area (Å²) in [6.07, 6.45) is 6.30. The van der Waals surface area contributed by atoms with Crippen LogP contribution in [0.2, 0.25) is 0 Å². The van der Waals surface area contributed by atoms with Gasteiger partial charge in [-0.05, 0) is 31.9 Å². The second kappa shape index (κ2) is 5.75. The lowest BCUT2D eigenvalue weighted by molar-refractivity contribution is 0.294. The first-order valence-electron chi connectivity index (χ1n) is 6.62. The minimum Gasteiger partial charge on any atom is -0.388 e. The maximum Gasteiger partial charge on any atom is 0.242 e. The van der Waals surface area contributed by atoms with E-state index < -0.39 is 10.0 Å². The fourth-order valence-corrected chi connectivity index (χ4v) is 4.03. The van der Waals surface area contributed by atoms with Crippen molar-refractivity contribution in [1.82, 2.24) is 9.71 Å². The molecule has 0 amide bonds. The third kappa shape index (κ3) is 3.53. The van der Waals surface area contributed by atoms with Crippen LogP contribution in [0.4, 0.5) is 0 Å². The first-order chi connectivity index (χ1) is 9.32. The molecule has 5 nitrogen and oxygen atoms in total. The highest BCUT2D eigenvalue weighted by molar-refractivity contribution is 7.89. The van der Waals surface area contributed by atoms with Crippen LogP contribution in [0, 0.1) is 0 Å². The summed E-state index contributed by atoms with van der Waals surface area (Å²) >= 11 is 4.80. The van der Waals surface area contributed by atoms with Crippen molar-refractivity contribution in [3.05, 3.63) is 24.0 Å². The lowest BCUT2D eigenvalue weighted by atomic mass is 9.84. The average molecular weight is 313 g/mol. The Morgan fingerprint density at radius 2 is 2.00 bits per heavy atom. The number of rotatable bonds is 4. The summed E-state index contributed by atoms with van der Waals surface area (Å²) < 4.78 is 27.5. The van der Waals surface area contributed by atoms with Gasteiger partial charge >= 0.3 is 0 Å². The molecule has 1 aliphatic carbocycles. The Kier molecular flexibility index (Phi) is 4.41. The maximum atomic E-state index is 12.4. The number of thiocarbonyl (C=S) groups is 1. The van der Waals surface area contributed by atoms with Gasteiger partial charge in [0, 0.05) is 11.7 Å². The van der Waals surface area contributed by atoms with Gasteiger partial charge in [-0.1, -0.05) is 31.5 Å². The predicted octanol–water partition coefficient (Wildman–Crippen LogP) is 1.72. The lowest BCUT2D eigenvalue weighted by Gasteiger charge is -2.34. The normalized spacial score (nSPS) is 18.6. The topological polar surface area (TPSA) is 85.1 Å². The van der Waals surface area contributed by atoms with Crippen LogP contribution in [0.15, 0.2) is 23.2 Å². The zero-order chi connectivity index (χ0) is 14.8. The molecular weight excluding hydrogens is 294 g/mol. The quantitative estimate of drug-likeness (QED) is 0.827. The highest BCUT2D eigenvalue weighted by atomic mass is 32.2. The SMILES string of the molecule is CC1(NS(=O)(=O)c2ccc(C(N)=S)nc2)CCCCC1. The zero-order valence-corrected chi connectivity index (χ0v) is 13.1. The van der Waals surface area contributed by atoms with E-state index in [1.54, 1.807) is 0 Å². The fraction of sp³-hybridized carbons (Fsp3) is 0.538. The van der Waals surface area contributed by atoms with E-state index >= 15 is 0 Å². The largest absolute Gasteiger partial charge is 0.388 e. The van der Waals surface area contributed by atoms with E-state index in [4.69, 9.17) is 18.0 Å². The van der Waals surface area contributed by atoms with Gasteiger partial charge in [0.05, 0.1) is 5.69 Å². The first kappa shape index (κ1) is 15.3. The van der Waals surface area contributed by atoms with E-state index in [0.717, 1.165) is 25.7 Å². The van der Waals surface area contributed by atoms with Crippen LogP contribution < -0.4 is 10.5 Å². The number of hydrogen-bond acceptors (Lipinski definition) is 4. The van der Waals surface area contributed by atoms with Crippen molar-refractivity contribution < 1.29 is 8.42 Å². The molecule has 1 aliphatic rings. The molecule has 0 unspecified atom stereocenters. The van der Waals surface area contributed by atoms with E-state index in [2.05, 4.69) is 9.71 Å². The van der Waals surface area contributed by atoms with Gasteiger partial charge in [0.2, 0.25) is 10.0 Å². The molecule has 2 rings (SSSR count). The van der Waals surface area contributed by atoms with Crippen LogP contribution >= 0.6 is 12.2 Å². The molecule has 0 aliphatic heterocycles. The van der Waals surface area contributed by atoms with E-state index in [1.807, 2.05) is 6.92 Å². The summed E-state index contributed by atoms with van der Waals surface area (Å²) in [5, 5.41) is 0. The lowest BCUT2D eigenvalue weighted by Crippen LogP contribution is -2.47. The molecule has 3 N–H and O–H groups in total. The van der Waals surface area contributed by atoms with Gasteiger partial charge in [-0.25, -0.2) is 13.1 Å². The molecule has 0 bridgehead atoms. The molecule has 1 fully saturated rings. The van der Waals surface area contributed by atoms with Crippen molar-refractivity contribution >= 4 is 27.2 Å². The molecule has 20 heavy (non-hydrogen) atoms. The monoisotopic (exact) mass is 313 g/mol. The minimum atomic E-state index is -3.56. The Hall–Kier alpha value is -1.05. The number of nitrogens with two attached hydrogens (primary N) is 1. The van der Waals surface area contributed by atoms with Gasteiger partial charge in [-0.3, -0.25) is 4.98 Å². The van der Waals surface area contributed by atoms with Gasteiger partial charge in [-0.15, -0.1) is 0 Å². The van der Waals surface area contributed by atoms with Crippen molar-refractivity contribution in [1.29, 1.82) is 0 Å². The molecule has 1 heterocycles. The predicted molar refractivity (Wildman–Crippen MR) is 81.9 cm³/mol. The number of hydrogen-bond donors (Lipinski definition) is 2. The first-order valence-corrected chi connectivity index (χ1v) is 8.51. The second-order valence-electron chi connectivity index (χ2n) is 5.47. The molecule has 1 aromatic heterocycles. The van der Waals surface area contributed by atoms with Crippen molar-refractivity contribution in [3.8, 4) is 0 Å². The van der Waals surface area contributed by atoms with Crippen LogP contribution in [0.3, 0.4) is 0 Å². The third-order valence-corrected chi connectivity index (χ3v) is 5.47. The van der Waals surface area contributed by atoms with Crippen molar-refractivity contribution in [2.24, 2.45) is 5.73 Å². The Bertz CT molecular complexity index is 591. The fourth-order valence-electron chi connectivity index (χ4n) is 2.50. The highest BCUT2D eigenvalue weighted by Crippen LogP contribution is 2.29. The standard InChI is InChI=1S/C13H19N3O2S2/c1-13(7-3-2-4-8-13)16-20(17,18)10-5-6-11(12(14)19)15-9-10/h5-6,9,16H,2-4,7-8H2,1H3,(H2,14,19). The zero-order valence-electron chi connectivity index (χ0n) is 11.4. The van der Waals surface area contributed by atoms with Gasteiger partial charge in [0.25, 0.3) is 0 Å². The molecule has 0 spiro atoms. The summed E-state index contributed by atoms with van der Waals surface area (Å²) in [4.78, 5) is 4.27. The molecule has 0 atom stereocenters. The molecule has 1 saturated carbocycles. The van der Waals surface area contributed by atoms with Crippen molar-refractivity contribution in [2.45, 2.75) is 49.5 Å². The summed E-state index contributed by atoms with van der Waals surface area (Å²) in [5.74, 6) is 0. The number of nitrogens with zero attached hydrogens (tertiary/aromatic N) is 1. The van der Waals surface area contributed by atoms with Gasteiger partial charge in [0.15, 0.2) is 0 Å². The summed E-state index contributed by atoms with van der Waals surface area (Å²) in [6.45, 7) is 1.96. The number of pyridine rings is 1. The summed E-state index contributed by atoms with van der Waals surface area (Å²) in [7, 11) is -3.56. The van der Waals surface area contributed by atoms with E-state index in [0.29, 0.717) is 5.69 Å². The Labute approximate surface area is 125 Å².